The molecule has 1 rings (SSSR count). The van der Waals surface area contributed by atoms with E-state index >= 15 is 0 Å². The van der Waals surface area contributed by atoms with Gasteiger partial charge >= 0.3 is 0 Å². The van der Waals surface area contributed by atoms with Gasteiger partial charge in [-0.25, -0.2) is 4.39 Å². The summed E-state index contributed by atoms with van der Waals surface area (Å²) in [5.74, 6) is 0. The van der Waals surface area contributed by atoms with Gasteiger partial charge in [-0.2, -0.15) is 0 Å². The van der Waals surface area contributed by atoms with Gasteiger partial charge in [0.1, 0.15) is 6.67 Å². The molecule has 0 radical (unpaired) electrons. The third kappa shape index (κ3) is 1.59. The maximum Gasteiger partial charge on any atom is 0.115 e. The van der Waals surface area contributed by atoms with Crippen LogP contribution in [0.15, 0.2) is 12.1 Å². The standard InChI is InChI=1S/C10H13F/c1-7-4-9(3)10(6-11)5-8(7)2/h4-5H,6H2,1-3H3. The van der Waals surface area contributed by atoms with Crippen LogP contribution in [0.1, 0.15) is 22.3 Å². The van der Waals surface area contributed by atoms with Gasteiger partial charge in [0.15, 0.2) is 0 Å². The van der Waals surface area contributed by atoms with Crippen LogP contribution in [0.2, 0.25) is 0 Å². The van der Waals surface area contributed by atoms with Gasteiger partial charge < -0.3 is 0 Å². The minimum atomic E-state index is -0.354. The zero-order chi connectivity index (χ0) is 8.43. The zero-order valence-corrected chi connectivity index (χ0v) is 7.24. The van der Waals surface area contributed by atoms with Crippen molar-refractivity contribution < 1.29 is 4.39 Å². The SMILES string of the molecule is Cc1cc(C)c(CF)cc1C. The lowest BCUT2D eigenvalue weighted by Crippen LogP contribution is -1.89. The van der Waals surface area contributed by atoms with Crippen LogP contribution in [-0.4, -0.2) is 0 Å². The molecule has 1 aromatic carbocycles. The van der Waals surface area contributed by atoms with Gasteiger partial charge in [0.05, 0.1) is 0 Å². The Labute approximate surface area is 67.1 Å². The molecule has 1 heteroatoms. The van der Waals surface area contributed by atoms with Crippen molar-refractivity contribution in [3.05, 3.63) is 34.4 Å². The van der Waals surface area contributed by atoms with Crippen LogP contribution >= 0.6 is 0 Å². The van der Waals surface area contributed by atoms with Crippen molar-refractivity contribution in [3.8, 4) is 0 Å². The summed E-state index contributed by atoms with van der Waals surface area (Å²) in [6, 6.07) is 3.95. The molecular weight excluding hydrogens is 139 g/mol. The first-order valence-corrected chi connectivity index (χ1v) is 3.78. The molecule has 0 aromatic heterocycles. The predicted molar refractivity (Wildman–Crippen MR) is 45.5 cm³/mol. The summed E-state index contributed by atoms with van der Waals surface area (Å²) in [4.78, 5) is 0. The molecule has 0 N–H and O–H groups in total. The number of halogens is 1. The van der Waals surface area contributed by atoms with Gasteiger partial charge in [-0.3, -0.25) is 0 Å². The van der Waals surface area contributed by atoms with Gasteiger partial charge in [-0.05, 0) is 43.0 Å². The van der Waals surface area contributed by atoms with E-state index in [9.17, 15) is 4.39 Å². The third-order valence-corrected chi connectivity index (χ3v) is 2.10. The lowest BCUT2D eigenvalue weighted by atomic mass is 10.0. The molecule has 0 amide bonds. The Morgan fingerprint density at radius 2 is 1.55 bits per heavy atom. The van der Waals surface area contributed by atoms with Gasteiger partial charge in [-0.1, -0.05) is 12.1 Å². The van der Waals surface area contributed by atoms with Gasteiger partial charge in [0, 0.05) is 0 Å². The van der Waals surface area contributed by atoms with Crippen LogP contribution in [-0.2, 0) is 6.67 Å². The lowest BCUT2D eigenvalue weighted by molar-refractivity contribution is 0.483. The average Bonchev–Trinajstić information content (AvgIpc) is 1.97. The minimum Gasteiger partial charge on any atom is -0.246 e. The molecule has 0 spiro atoms. The molecular formula is C10H13F. The Bertz CT molecular complexity index is 264. The number of hydrogen-bond donors (Lipinski definition) is 0. The molecule has 0 bridgehead atoms. The summed E-state index contributed by atoms with van der Waals surface area (Å²) in [5.41, 5.74) is 4.27. The summed E-state index contributed by atoms with van der Waals surface area (Å²) < 4.78 is 12.3. The number of hydrogen-bond acceptors (Lipinski definition) is 0. The van der Waals surface area contributed by atoms with Gasteiger partial charge in [0.25, 0.3) is 0 Å². The second-order valence-electron chi connectivity index (χ2n) is 3.00. The molecule has 0 aliphatic heterocycles. The number of alkyl halides is 1. The summed E-state index contributed by atoms with van der Waals surface area (Å²) in [6.45, 7) is 5.65. The highest BCUT2D eigenvalue weighted by molar-refractivity contribution is 5.35. The van der Waals surface area contributed by atoms with E-state index in [0.717, 1.165) is 11.1 Å². The maximum absolute atomic E-state index is 12.3. The van der Waals surface area contributed by atoms with Crippen molar-refractivity contribution >= 4 is 0 Å². The first-order valence-electron chi connectivity index (χ1n) is 3.78. The average molecular weight is 152 g/mol. The molecule has 1 aromatic rings. The third-order valence-electron chi connectivity index (χ3n) is 2.10. The zero-order valence-electron chi connectivity index (χ0n) is 7.24. The predicted octanol–water partition coefficient (Wildman–Crippen LogP) is 3.08. The molecule has 0 aliphatic carbocycles. The number of aryl methyl sites for hydroxylation is 3. The van der Waals surface area contributed by atoms with Crippen LogP contribution in [0.3, 0.4) is 0 Å². The molecule has 0 unspecified atom stereocenters. The quantitative estimate of drug-likeness (QED) is 0.580. The van der Waals surface area contributed by atoms with Crippen molar-refractivity contribution in [2.45, 2.75) is 27.4 Å². The van der Waals surface area contributed by atoms with E-state index in [1.165, 1.54) is 11.1 Å². The van der Waals surface area contributed by atoms with Crippen molar-refractivity contribution in [2.75, 3.05) is 0 Å². The van der Waals surface area contributed by atoms with E-state index in [2.05, 4.69) is 0 Å². The van der Waals surface area contributed by atoms with Crippen LogP contribution < -0.4 is 0 Å². The van der Waals surface area contributed by atoms with Crippen LogP contribution in [0.25, 0.3) is 0 Å². The monoisotopic (exact) mass is 152 g/mol. The van der Waals surface area contributed by atoms with E-state index in [0.29, 0.717) is 0 Å². The lowest BCUT2D eigenvalue weighted by Gasteiger charge is -2.05. The molecule has 0 saturated carbocycles. The van der Waals surface area contributed by atoms with Crippen LogP contribution in [0.4, 0.5) is 4.39 Å². The van der Waals surface area contributed by atoms with E-state index < -0.39 is 0 Å². The Kier molecular flexibility index (Phi) is 2.28. The van der Waals surface area contributed by atoms with E-state index in [1.54, 1.807) is 0 Å². The second-order valence-corrected chi connectivity index (χ2v) is 3.00. The molecule has 0 nitrogen and oxygen atoms in total. The largest absolute Gasteiger partial charge is 0.246 e. The summed E-state index contributed by atoms with van der Waals surface area (Å²) in [6.07, 6.45) is 0. The van der Waals surface area contributed by atoms with Crippen molar-refractivity contribution in [1.82, 2.24) is 0 Å². The van der Waals surface area contributed by atoms with Crippen LogP contribution in [0, 0.1) is 20.8 Å². The first kappa shape index (κ1) is 8.25. The Morgan fingerprint density at radius 3 is 2.09 bits per heavy atom. The smallest absolute Gasteiger partial charge is 0.115 e. The molecule has 0 fully saturated rings. The van der Waals surface area contributed by atoms with Gasteiger partial charge in [0.2, 0.25) is 0 Å². The second kappa shape index (κ2) is 3.04. The fraction of sp³-hybridized carbons (Fsp3) is 0.400. The Balaban J connectivity index is 3.21. The van der Waals surface area contributed by atoms with Gasteiger partial charge in [-0.15, -0.1) is 0 Å². The normalized spacial score (nSPS) is 10.2. The summed E-state index contributed by atoms with van der Waals surface area (Å²) in [5, 5.41) is 0. The highest BCUT2D eigenvalue weighted by Gasteiger charge is 1.99. The Morgan fingerprint density at radius 1 is 1.00 bits per heavy atom. The van der Waals surface area contributed by atoms with Crippen molar-refractivity contribution in [3.63, 3.8) is 0 Å². The fourth-order valence-corrected chi connectivity index (χ4v) is 1.16. The molecule has 0 saturated heterocycles. The fourth-order valence-electron chi connectivity index (χ4n) is 1.16. The molecule has 11 heavy (non-hydrogen) atoms. The minimum absolute atomic E-state index is 0.354. The summed E-state index contributed by atoms with van der Waals surface area (Å²) in [7, 11) is 0. The first-order chi connectivity index (χ1) is 5.15. The number of benzene rings is 1. The van der Waals surface area contributed by atoms with Crippen molar-refractivity contribution in [1.29, 1.82) is 0 Å². The summed E-state index contributed by atoms with van der Waals surface area (Å²) >= 11 is 0. The topological polar surface area (TPSA) is 0 Å². The van der Waals surface area contributed by atoms with E-state index in [4.69, 9.17) is 0 Å². The molecule has 60 valence electrons. The highest BCUT2D eigenvalue weighted by Crippen LogP contribution is 2.15. The molecule has 0 atom stereocenters. The van der Waals surface area contributed by atoms with E-state index in [1.807, 2.05) is 32.9 Å². The molecule has 0 heterocycles. The molecule has 0 aliphatic rings. The number of rotatable bonds is 1. The Hall–Kier alpha value is -0.850. The van der Waals surface area contributed by atoms with E-state index in [-0.39, 0.29) is 6.67 Å². The highest BCUT2D eigenvalue weighted by atomic mass is 19.1. The maximum atomic E-state index is 12.3. The van der Waals surface area contributed by atoms with Crippen LogP contribution in [0.5, 0.6) is 0 Å². The van der Waals surface area contributed by atoms with Crippen molar-refractivity contribution in [2.24, 2.45) is 0 Å².